The summed E-state index contributed by atoms with van der Waals surface area (Å²) in [6.45, 7) is 4.04. The highest BCUT2D eigenvalue weighted by molar-refractivity contribution is 9.10. The Morgan fingerprint density at radius 1 is 1.32 bits per heavy atom. The molecule has 0 radical (unpaired) electrons. The molecule has 1 atom stereocenters. The van der Waals surface area contributed by atoms with Crippen LogP contribution in [-0.2, 0) is 6.54 Å². The number of β-amino-alcohol motifs (C(OH)–C–C–N with tert-alkyl or cyclic N) is 1. The summed E-state index contributed by atoms with van der Waals surface area (Å²) in [6.07, 6.45) is 2.13. The zero-order chi connectivity index (χ0) is 13.7. The zero-order valence-corrected chi connectivity index (χ0v) is 12.6. The van der Waals surface area contributed by atoms with Gasteiger partial charge in [-0.25, -0.2) is 0 Å². The summed E-state index contributed by atoms with van der Waals surface area (Å²) in [5.41, 5.74) is 0.836. The summed E-state index contributed by atoms with van der Waals surface area (Å²) >= 11 is 3.29. The Balaban J connectivity index is 1.72. The van der Waals surface area contributed by atoms with Crippen LogP contribution >= 0.6 is 15.9 Å². The molecule has 106 valence electrons. The average molecular weight is 329 g/mol. The van der Waals surface area contributed by atoms with Crippen molar-refractivity contribution in [2.75, 3.05) is 26.2 Å². The van der Waals surface area contributed by atoms with Gasteiger partial charge in [-0.1, -0.05) is 12.1 Å². The summed E-state index contributed by atoms with van der Waals surface area (Å²) in [5.74, 6) is 0.268. The number of hydrogen-bond acceptors (Lipinski definition) is 4. The van der Waals surface area contributed by atoms with E-state index in [1.807, 2.05) is 12.1 Å². The molecule has 0 saturated carbocycles. The van der Waals surface area contributed by atoms with Crippen LogP contribution in [0.2, 0.25) is 0 Å². The van der Waals surface area contributed by atoms with Crippen molar-refractivity contribution in [2.24, 2.45) is 0 Å². The van der Waals surface area contributed by atoms with Gasteiger partial charge >= 0.3 is 0 Å². The first-order valence-corrected chi connectivity index (χ1v) is 7.53. The molecule has 4 nitrogen and oxygen atoms in total. The summed E-state index contributed by atoms with van der Waals surface area (Å²) in [5, 5.41) is 23.0. The van der Waals surface area contributed by atoms with Crippen LogP contribution in [0.5, 0.6) is 5.75 Å². The van der Waals surface area contributed by atoms with E-state index < -0.39 is 0 Å². The monoisotopic (exact) mass is 328 g/mol. The van der Waals surface area contributed by atoms with E-state index in [0.717, 1.165) is 25.2 Å². The van der Waals surface area contributed by atoms with Crippen molar-refractivity contribution in [2.45, 2.75) is 25.5 Å². The number of hydrogen-bond donors (Lipinski definition) is 3. The lowest BCUT2D eigenvalue weighted by Gasteiger charge is -2.19. The van der Waals surface area contributed by atoms with Crippen molar-refractivity contribution in [3.05, 3.63) is 28.2 Å². The number of likely N-dealkylation sites (tertiary alicyclic amines) is 1. The predicted molar refractivity (Wildman–Crippen MR) is 79.2 cm³/mol. The molecule has 1 aromatic rings. The molecule has 0 amide bonds. The number of nitrogens with zero attached hydrogens (tertiary/aromatic N) is 1. The highest BCUT2D eigenvalue weighted by Crippen LogP contribution is 2.27. The van der Waals surface area contributed by atoms with E-state index in [-0.39, 0.29) is 11.9 Å². The fourth-order valence-electron chi connectivity index (χ4n) is 2.40. The second kappa shape index (κ2) is 7.24. The van der Waals surface area contributed by atoms with Crippen molar-refractivity contribution in [3.8, 4) is 5.75 Å². The van der Waals surface area contributed by atoms with E-state index >= 15 is 0 Å². The quantitative estimate of drug-likeness (QED) is 0.744. The average Bonchev–Trinajstić information content (AvgIpc) is 2.87. The third-order valence-electron chi connectivity index (χ3n) is 3.43. The number of aliphatic hydroxyl groups excluding tert-OH is 1. The smallest absolute Gasteiger partial charge is 0.134 e. The van der Waals surface area contributed by atoms with Crippen LogP contribution in [0.15, 0.2) is 22.7 Å². The molecule has 1 aromatic carbocycles. The highest BCUT2D eigenvalue weighted by atomic mass is 79.9. The standard InChI is InChI=1S/C14H21BrN2O2/c15-13-5-3-4-11(14(13)19)8-16-9-12(18)10-17-6-1-2-7-17/h3-5,12,16,18-19H,1-2,6-10H2. The molecule has 19 heavy (non-hydrogen) atoms. The summed E-state index contributed by atoms with van der Waals surface area (Å²) in [6, 6.07) is 5.57. The molecule has 1 aliphatic heterocycles. The van der Waals surface area contributed by atoms with Crippen LogP contribution in [0.1, 0.15) is 18.4 Å². The third-order valence-corrected chi connectivity index (χ3v) is 4.07. The van der Waals surface area contributed by atoms with Gasteiger partial charge in [0.15, 0.2) is 0 Å². The number of phenolic OH excluding ortho intramolecular Hbond substituents is 1. The Morgan fingerprint density at radius 2 is 2.05 bits per heavy atom. The number of aromatic hydroxyl groups is 1. The molecule has 1 aliphatic rings. The van der Waals surface area contributed by atoms with Crippen molar-refractivity contribution in [1.29, 1.82) is 0 Å². The van der Waals surface area contributed by atoms with Crippen molar-refractivity contribution >= 4 is 15.9 Å². The van der Waals surface area contributed by atoms with Gasteiger partial charge < -0.3 is 20.4 Å². The second-order valence-corrected chi connectivity index (χ2v) is 5.89. The molecule has 0 spiro atoms. The van der Waals surface area contributed by atoms with Gasteiger partial charge in [0.2, 0.25) is 0 Å². The van der Waals surface area contributed by atoms with Crippen LogP contribution in [-0.4, -0.2) is 47.4 Å². The molecule has 0 aromatic heterocycles. The van der Waals surface area contributed by atoms with Crippen LogP contribution in [0, 0.1) is 0 Å². The van der Waals surface area contributed by atoms with E-state index in [1.165, 1.54) is 12.8 Å². The molecule has 0 aliphatic carbocycles. The third kappa shape index (κ3) is 4.45. The molecule has 0 bridgehead atoms. The summed E-state index contributed by atoms with van der Waals surface area (Å²) in [4.78, 5) is 2.29. The molecule has 1 fully saturated rings. The largest absolute Gasteiger partial charge is 0.506 e. The minimum Gasteiger partial charge on any atom is -0.506 e. The van der Waals surface area contributed by atoms with E-state index in [1.54, 1.807) is 6.07 Å². The number of rotatable bonds is 6. The molecule has 1 unspecified atom stereocenters. The van der Waals surface area contributed by atoms with Gasteiger partial charge in [0, 0.05) is 25.2 Å². The Kier molecular flexibility index (Phi) is 5.63. The number of benzene rings is 1. The predicted octanol–water partition coefficient (Wildman–Crippen LogP) is 1.70. The molecule has 1 heterocycles. The molecule has 5 heteroatoms. The summed E-state index contributed by atoms with van der Waals surface area (Å²) < 4.78 is 0.699. The van der Waals surface area contributed by atoms with Gasteiger partial charge in [-0.3, -0.25) is 0 Å². The van der Waals surface area contributed by atoms with Gasteiger partial charge in [-0.15, -0.1) is 0 Å². The Hall–Kier alpha value is -0.620. The van der Waals surface area contributed by atoms with Crippen LogP contribution in [0.25, 0.3) is 0 Å². The van der Waals surface area contributed by atoms with Gasteiger partial charge in [-0.05, 0) is 47.9 Å². The van der Waals surface area contributed by atoms with E-state index in [2.05, 4.69) is 26.1 Å². The Labute approximate surface area is 122 Å². The first kappa shape index (κ1) is 14.8. The highest BCUT2D eigenvalue weighted by Gasteiger charge is 2.15. The van der Waals surface area contributed by atoms with Crippen molar-refractivity contribution in [1.82, 2.24) is 10.2 Å². The molecule has 3 N–H and O–H groups in total. The first-order valence-electron chi connectivity index (χ1n) is 6.74. The van der Waals surface area contributed by atoms with Crippen molar-refractivity contribution < 1.29 is 10.2 Å². The first-order chi connectivity index (χ1) is 9.16. The topological polar surface area (TPSA) is 55.7 Å². The minimum atomic E-state index is -0.354. The van der Waals surface area contributed by atoms with Crippen LogP contribution in [0.4, 0.5) is 0 Å². The number of halogens is 1. The Morgan fingerprint density at radius 3 is 2.79 bits per heavy atom. The number of nitrogens with one attached hydrogen (secondary N) is 1. The fourth-order valence-corrected chi connectivity index (χ4v) is 2.81. The maximum atomic E-state index is 9.94. The molecular weight excluding hydrogens is 308 g/mol. The lowest BCUT2D eigenvalue weighted by molar-refractivity contribution is 0.123. The van der Waals surface area contributed by atoms with E-state index in [0.29, 0.717) is 17.6 Å². The van der Waals surface area contributed by atoms with Crippen LogP contribution < -0.4 is 5.32 Å². The van der Waals surface area contributed by atoms with E-state index in [4.69, 9.17) is 0 Å². The minimum absolute atomic E-state index is 0.268. The van der Waals surface area contributed by atoms with Gasteiger partial charge in [0.1, 0.15) is 5.75 Å². The zero-order valence-electron chi connectivity index (χ0n) is 11.0. The van der Waals surface area contributed by atoms with Crippen molar-refractivity contribution in [3.63, 3.8) is 0 Å². The number of phenols is 1. The lowest BCUT2D eigenvalue weighted by atomic mass is 10.2. The second-order valence-electron chi connectivity index (χ2n) is 5.04. The maximum absolute atomic E-state index is 9.94. The maximum Gasteiger partial charge on any atom is 0.134 e. The van der Waals surface area contributed by atoms with Gasteiger partial charge in [0.25, 0.3) is 0 Å². The number of aliphatic hydroxyl groups is 1. The van der Waals surface area contributed by atoms with Crippen LogP contribution in [0.3, 0.4) is 0 Å². The lowest BCUT2D eigenvalue weighted by Crippen LogP contribution is -2.36. The molecule has 1 saturated heterocycles. The number of para-hydroxylation sites is 1. The SMILES string of the molecule is Oc1c(Br)cccc1CNCC(O)CN1CCCC1. The van der Waals surface area contributed by atoms with Gasteiger partial charge in [-0.2, -0.15) is 0 Å². The molecule has 2 rings (SSSR count). The molecular formula is C14H21BrN2O2. The fraction of sp³-hybridized carbons (Fsp3) is 0.571. The normalized spacial score (nSPS) is 17.8. The Bertz CT molecular complexity index is 408. The van der Waals surface area contributed by atoms with E-state index in [9.17, 15) is 10.2 Å². The van der Waals surface area contributed by atoms with Gasteiger partial charge in [0.05, 0.1) is 10.6 Å². The summed E-state index contributed by atoms with van der Waals surface area (Å²) in [7, 11) is 0.